The second kappa shape index (κ2) is 8.82. The van der Waals surface area contributed by atoms with Crippen molar-refractivity contribution in [2.45, 2.75) is 19.6 Å². The molecule has 4 N–H and O–H groups in total. The number of halogens is 2. The van der Waals surface area contributed by atoms with Crippen molar-refractivity contribution in [3.8, 4) is 11.1 Å². The molecule has 1 aliphatic rings. The number of hydrogen-bond acceptors (Lipinski definition) is 6. The Bertz CT molecular complexity index is 919. The van der Waals surface area contributed by atoms with Crippen molar-refractivity contribution < 1.29 is 23.0 Å². The number of amides is 1. The molecule has 1 aromatic heterocycles. The number of guanidine groups is 1. The van der Waals surface area contributed by atoms with Crippen LogP contribution in [0.25, 0.3) is 11.1 Å². The summed E-state index contributed by atoms with van der Waals surface area (Å²) in [6.45, 7) is 3.24. The maximum atomic E-state index is 14.8. The van der Waals surface area contributed by atoms with E-state index >= 15 is 0 Å². The number of aromatic nitrogens is 1. The van der Waals surface area contributed by atoms with E-state index in [1.54, 1.807) is 11.0 Å². The number of ether oxygens (including phenoxy) is 2. The van der Waals surface area contributed by atoms with Crippen molar-refractivity contribution in [3.63, 3.8) is 0 Å². The molecular formula is C19H21F2N5O3. The minimum atomic E-state index is -0.973. The van der Waals surface area contributed by atoms with Gasteiger partial charge in [0.15, 0.2) is 17.6 Å². The van der Waals surface area contributed by atoms with Gasteiger partial charge in [-0.05, 0) is 13.0 Å². The van der Waals surface area contributed by atoms with Crippen LogP contribution in [0.1, 0.15) is 12.5 Å². The smallest absolute Gasteiger partial charge is 0.414 e. The molecule has 1 saturated heterocycles. The molecule has 1 aromatic carbocycles. The van der Waals surface area contributed by atoms with Crippen LogP contribution >= 0.6 is 0 Å². The molecule has 0 saturated carbocycles. The fourth-order valence-electron chi connectivity index (χ4n) is 2.97. The third-order valence-corrected chi connectivity index (χ3v) is 4.36. The summed E-state index contributed by atoms with van der Waals surface area (Å²) in [6, 6.07) is 5.71. The summed E-state index contributed by atoms with van der Waals surface area (Å²) >= 11 is 0. The van der Waals surface area contributed by atoms with Gasteiger partial charge in [0.2, 0.25) is 0 Å². The SMILES string of the molecule is CCOC1CN(c2ncc(-c3cccc(COC(=O)NC(=N)N)c3F)cc2F)C1. The highest BCUT2D eigenvalue weighted by Crippen LogP contribution is 2.30. The molecule has 2 aromatic rings. The largest absolute Gasteiger partial charge is 0.444 e. The zero-order valence-electron chi connectivity index (χ0n) is 15.7. The standard InChI is InChI=1S/C19H21F2N5O3/c1-2-28-13-8-26(9-13)17-15(20)6-12(7-24-17)14-5-3-4-11(16(14)21)10-29-19(27)25-18(22)23/h3-7,13H,2,8-10H2,1H3,(H4,22,23,25,27). The fraction of sp³-hybridized carbons (Fsp3) is 0.316. The van der Waals surface area contributed by atoms with E-state index in [4.69, 9.17) is 20.6 Å². The summed E-state index contributed by atoms with van der Waals surface area (Å²) < 4.78 is 39.6. The van der Waals surface area contributed by atoms with Crippen LogP contribution in [0.15, 0.2) is 30.5 Å². The van der Waals surface area contributed by atoms with Crippen molar-refractivity contribution >= 4 is 17.9 Å². The van der Waals surface area contributed by atoms with E-state index in [9.17, 15) is 13.6 Å². The molecule has 0 bridgehead atoms. The maximum absolute atomic E-state index is 14.8. The fourth-order valence-corrected chi connectivity index (χ4v) is 2.97. The van der Waals surface area contributed by atoms with Gasteiger partial charge >= 0.3 is 6.09 Å². The molecule has 0 unspecified atom stereocenters. The topological polar surface area (TPSA) is 114 Å². The number of nitrogens with zero attached hydrogens (tertiary/aromatic N) is 2. The van der Waals surface area contributed by atoms with Gasteiger partial charge < -0.3 is 20.1 Å². The molecule has 10 heteroatoms. The van der Waals surface area contributed by atoms with Gasteiger partial charge in [-0.15, -0.1) is 0 Å². The van der Waals surface area contributed by atoms with Gasteiger partial charge in [0.25, 0.3) is 0 Å². The monoisotopic (exact) mass is 405 g/mol. The number of rotatable bonds is 6. The molecule has 3 rings (SSSR count). The van der Waals surface area contributed by atoms with Crippen LogP contribution in [0.4, 0.5) is 19.4 Å². The number of pyridine rings is 1. The number of nitrogens with two attached hydrogens (primary N) is 1. The first kappa shape index (κ1) is 20.5. The van der Waals surface area contributed by atoms with Crippen molar-refractivity contribution in [2.75, 3.05) is 24.6 Å². The van der Waals surface area contributed by atoms with Gasteiger partial charge in [0.05, 0.1) is 6.10 Å². The summed E-state index contributed by atoms with van der Waals surface area (Å²) in [4.78, 5) is 17.3. The van der Waals surface area contributed by atoms with Crippen LogP contribution < -0.4 is 16.0 Å². The molecular weight excluding hydrogens is 384 g/mol. The Morgan fingerprint density at radius 3 is 2.83 bits per heavy atom. The second-order valence-electron chi connectivity index (χ2n) is 6.41. The highest BCUT2D eigenvalue weighted by atomic mass is 19.1. The molecule has 1 fully saturated rings. The van der Waals surface area contributed by atoms with Gasteiger partial charge in [-0.1, -0.05) is 18.2 Å². The summed E-state index contributed by atoms with van der Waals surface area (Å²) in [7, 11) is 0. The van der Waals surface area contributed by atoms with Gasteiger partial charge in [-0.25, -0.2) is 18.6 Å². The predicted molar refractivity (Wildman–Crippen MR) is 102 cm³/mol. The zero-order chi connectivity index (χ0) is 21.0. The van der Waals surface area contributed by atoms with Crippen molar-refractivity contribution in [2.24, 2.45) is 5.73 Å². The van der Waals surface area contributed by atoms with Gasteiger partial charge in [-0.3, -0.25) is 10.7 Å². The lowest BCUT2D eigenvalue weighted by Crippen LogP contribution is -2.53. The van der Waals surface area contributed by atoms with E-state index in [-0.39, 0.29) is 35.2 Å². The number of benzene rings is 1. The Hall–Kier alpha value is -3.27. The normalized spacial score (nSPS) is 13.7. The molecule has 0 atom stereocenters. The summed E-state index contributed by atoms with van der Waals surface area (Å²) in [6.07, 6.45) is 0.493. The average molecular weight is 405 g/mol. The number of alkyl carbamates (subject to hydrolysis) is 1. The Balaban J connectivity index is 1.73. The number of hydrogen-bond donors (Lipinski definition) is 3. The Morgan fingerprint density at radius 2 is 2.17 bits per heavy atom. The lowest BCUT2D eigenvalue weighted by atomic mass is 10.0. The quantitative estimate of drug-likeness (QED) is 0.502. The average Bonchev–Trinajstić information content (AvgIpc) is 2.63. The Kier molecular flexibility index (Phi) is 6.23. The molecule has 2 heterocycles. The number of carbonyl (C=O) groups is 1. The third-order valence-electron chi connectivity index (χ3n) is 4.36. The summed E-state index contributed by atoms with van der Waals surface area (Å²) in [5.41, 5.74) is 5.51. The second-order valence-corrected chi connectivity index (χ2v) is 6.41. The lowest BCUT2D eigenvalue weighted by Gasteiger charge is -2.39. The molecule has 0 aliphatic carbocycles. The number of nitrogens with one attached hydrogen (secondary N) is 2. The first-order chi connectivity index (χ1) is 13.9. The maximum Gasteiger partial charge on any atom is 0.414 e. The van der Waals surface area contributed by atoms with E-state index in [1.165, 1.54) is 24.4 Å². The van der Waals surface area contributed by atoms with Crippen LogP contribution in [-0.4, -0.2) is 42.8 Å². The zero-order valence-corrected chi connectivity index (χ0v) is 15.7. The first-order valence-electron chi connectivity index (χ1n) is 8.96. The van der Waals surface area contributed by atoms with Crippen LogP contribution in [0.3, 0.4) is 0 Å². The van der Waals surface area contributed by atoms with Gasteiger partial charge in [-0.2, -0.15) is 0 Å². The molecule has 29 heavy (non-hydrogen) atoms. The van der Waals surface area contributed by atoms with Crippen LogP contribution in [-0.2, 0) is 16.1 Å². The summed E-state index contributed by atoms with van der Waals surface area (Å²) in [5.74, 6) is -1.59. The highest BCUT2D eigenvalue weighted by molar-refractivity contribution is 5.90. The molecule has 0 spiro atoms. The van der Waals surface area contributed by atoms with Crippen molar-refractivity contribution in [1.82, 2.24) is 10.3 Å². The molecule has 0 radical (unpaired) electrons. The molecule has 154 valence electrons. The van der Waals surface area contributed by atoms with Gasteiger partial charge in [0, 0.05) is 42.6 Å². The minimum absolute atomic E-state index is 0.0650. The predicted octanol–water partition coefficient (Wildman–Crippen LogP) is 2.37. The van der Waals surface area contributed by atoms with E-state index < -0.39 is 23.7 Å². The van der Waals surface area contributed by atoms with Crippen LogP contribution in [0, 0.1) is 17.0 Å². The van der Waals surface area contributed by atoms with Crippen molar-refractivity contribution in [1.29, 1.82) is 5.41 Å². The van der Waals surface area contributed by atoms with E-state index in [0.29, 0.717) is 19.7 Å². The van der Waals surface area contributed by atoms with Gasteiger partial charge in [0.1, 0.15) is 12.4 Å². The molecule has 1 amide bonds. The number of anilines is 1. The van der Waals surface area contributed by atoms with E-state index in [1.807, 2.05) is 12.2 Å². The molecule has 8 nitrogen and oxygen atoms in total. The third kappa shape index (κ3) is 4.77. The van der Waals surface area contributed by atoms with E-state index in [0.717, 1.165) is 0 Å². The van der Waals surface area contributed by atoms with Crippen LogP contribution in [0.5, 0.6) is 0 Å². The van der Waals surface area contributed by atoms with Crippen molar-refractivity contribution in [3.05, 3.63) is 47.7 Å². The number of carbonyl (C=O) groups excluding carboxylic acids is 1. The van der Waals surface area contributed by atoms with E-state index in [2.05, 4.69) is 4.98 Å². The minimum Gasteiger partial charge on any atom is -0.444 e. The lowest BCUT2D eigenvalue weighted by molar-refractivity contribution is 0.0424. The highest BCUT2D eigenvalue weighted by Gasteiger charge is 2.30. The first-order valence-corrected chi connectivity index (χ1v) is 8.96. The summed E-state index contributed by atoms with van der Waals surface area (Å²) in [5, 5.41) is 8.88. The Labute approximate surface area is 166 Å². The molecule has 1 aliphatic heterocycles. The van der Waals surface area contributed by atoms with Crippen LogP contribution in [0.2, 0.25) is 0 Å². The Morgan fingerprint density at radius 1 is 1.41 bits per heavy atom.